The van der Waals surface area contributed by atoms with Crippen LogP contribution in [0.1, 0.15) is 33.9 Å². The first-order chi connectivity index (χ1) is 12.9. The minimum Gasteiger partial charge on any atom is -0.326 e. The molecule has 1 aromatic carbocycles. The average Bonchev–Trinajstić information content (AvgIpc) is 2.89. The lowest BCUT2D eigenvalue weighted by molar-refractivity contribution is -0.115. The fraction of sp³-hybridized carbons (Fsp3) is 0.250. The number of carbonyl (C=O) groups excluding carboxylic acids is 1. The van der Waals surface area contributed by atoms with Gasteiger partial charge in [0.05, 0.1) is 23.7 Å². The number of nitrogens with one attached hydrogen (secondary N) is 1. The summed E-state index contributed by atoms with van der Waals surface area (Å²) >= 11 is 0. The Labute approximate surface area is 157 Å². The van der Waals surface area contributed by atoms with Gasteiger partial charge in [0.2, 0.25) is 5.91 Å². The van der Waals surface area contributed by atoms with Gasteiger partial charge >= 0.3 is 0 Å². The van der Waals surface area contributed by atoms with Crippen LogP contribution in [0.25, 0.3) is 5.95 Å². The van der Waals surface area contributed by atoms with Crippen LogP contribution in [0.15, 0.2) is 30.3 Å². The lowest BCUT2D eigenvalue weighted by Gasteiger charge is -2.07. The molecule has 0 bridgehead atoms. The molecule has 0 aliphatic heterocycles. The molecule has 7 heteroatoms. The highest BCUT2D eigenvalue weighted by atomic mass is 16.1. The van der Waals surface area contributed by atoms with Crippen LogP contribution in [0, 0.1) is 39.0 Å². The molecular weight excluding hydrogens is 340 g/mol. The molecule has 136 valence electrons. The van der Waals surface area contributed by atoms with Crippen molar-refractivity contribution >= 4 is 11.6 Å². The summed E-state index contributed by atoms with van der Waals surface area (Å²) in [6.45, 7) is 7.59. The van der Waals surface area contributed by atoms with Gasteiger partial charge in [0.15, 0.2) is 0 Å². The Morgan fingerprint density at radius 1 is 1.15 bits per heavy atom. The van der Waals surface area contributed by atoms with E-state index >= 15 is 0 Å². The van der Waals surface area contributed by atoms with Crippen molar-refractivity contribution in [3.8, 4) is 12.0 Å². The van der Waals surface area contributed by atoms with E-state index in [0.29, 0.717) is 17.2 Å². The van der Waals surface area contributed by atoms with Gasteiger partial charge in [-0.15, -0.1) is 0 Å². The van der Waals surface area contributed by atoms with Crippen LogP contribution < -0.4 is 5.32 Å². The molecule has 1 amide bonds. The van der Waals surface area contributed by atoms with Crippen molar-refractivity contribution in [1.82, 2.24) is 19.7 Å². The highest BCUT2D eigenvalue weighted by molar-refractivity contribution is 5.92. The molecule has 0 aliphatic rings. The van der Waals surface area contributed by atoms with Crippen LogP contribution in [0.4, 0.5) is 5.69 Å². The molecule has 0 aliphatic carbocycles. The summed E-state index contributed by atoms with van der Waals surface area (Å²) in [6, 6.07) is 10.8. The third-order valence-corrected chi connectivity index (χ3v) is 4.21. The largest absolute Gasteiger partial charge is 0.326 e. The summed E-state index contributed by atoms with van der Waals surface area (Å²) in [5.41, 5.74) is 5.25. The number of nitriles is 1. The zero-order chi connectivity index (χ0) is 19.6. The summed E-state index contributed by atoms with van der Waals surface area (Å²) in [5.74, 6) is 0.332. The highest BCUT2D eigenvalue weighted by Gasteiger charge is 2.17. The lowest BCUT2D eigenvalue weighted by atomic mass is 10.1. The van der Waals surface area contributed by atoms with E-state index in [1.165, 1.54) is 0 Å². The molecule has 3 rings (SSSR count). The number of anilines is 1. The number of nitrogens with zero attached hydrogens (tertiary/aromatic N) is 5. The predicted molar refractivity (Wildman–Crippen MR) is 102 cm³/mol. The number of aryl methyl sites for hydroxylation is 3. The molecule has 2 aromatic heterocycles. The molecule has 0 spiro atoms. The second kappa shape index (κ2) is 7.38. The molecule has 7 nitrogen and oxygen atoms in total. The maximum absolute atomic E-state index is 12.5. The van der Waals surface area contributed by atoms with E-state index in [4.69, 9.17) is 5.26 Å². The monoisotopic (exact) mass is 360 g/mol. The molecular formula is C20H20N6O. The fourth-order valence-corrected chi connectivity index (χ4v) is 2.96. The molecule has 27 heavy (non-hydrogen) atoms. The van der Waals surface area contributed by atoms with Crippen LogP contribution in [0.3, 0.4) is 0 Å². The fourth-order valence-electron chi connectivity index (χ4n) is 2.96. The van der Waals surface area contributed by atoms with Crippen LogP contribution in [-0.2, 0) is 11.2 Å². The lowest BCUT2D eigenvalue weighted by Crippen LogP contribution is -2.15. The predicted octanol–water partition coefficient (Wildman–Crippen LogP) is 2.95. The van der Waals surface area contributed by atoms with Gasteiger partial charge in [-0.2, -0.15) is 10.4 Å². The molecule has 0 atom stereocenters. The maximum Gasteiger partial charge on any atom is 0.251 e. The van der Waals surface area contributed by atoms with Gasteiger partial charge in [-0.3, -0.25) is 4.79 Å². The first kappa shape index (κ1) is 18.3. The Bertz CT molecular complexity index is 1040. The Kier molecular flexibility index (Phi) is 4.99. The van der Waals surface area contributed by atoms with E-state index in [-0.39, 0.29) is 12.3 Å². The second-order valence-electron chi connectivity index (χ2n) is 6.43. The van der Waals surface area contributed by atoms with Crippen LogP contribution in [-0.4, -0.2) is 25.7 Å². The first-order valence-corrected chi connectivity index (χ1v) is 8.55. The van der Waals surface area contributed by atoms with E-state index in [1.807, 2.05) is 33.8 Å². The molecule has 3 aromatic rings. The number of amides is 1. The Hall–Kier alpha value is -3.53. The topological polar surface area (TPSA) is 96.5 Å². The van der Waals surface area contributed by atoms with E-state index in [2.05, 4.69) is 26.5 Å². The Morgan fingerprint density at radius 2 is 1.85 bits per heavy atom. The van der Waals surface area contributed by atoms with Gasteiger partial charge in [0.25, 0.3) is 5.95 Å². The van der Waals surface area contributed by atoms with Gasteiger partial charge in [0.1, 0.15) is 0 Å². The van der Waals surface area contributed by atoms with Crippen molar-refractivity contribution in [3.05, 3.63) is 64.2 Å². The van der Waals surface area contributed by atoms with Crippen LogP contribution >= 0.6 is 0 Å². The summed E-state index contributed by atoms with van der Waals surface area (Å²) < 4.78 is 1.67. The van der Waals surface area contributed by atoms with E-state index in [0.717, 1.165) is 28.3 Å². The summed E-state index contributed by atoms with van der Waals surface area (Å²) in [5, 5.41) is 16.3. The minimum atomic E-state index is -0.169. The molecule has 0 unspecified atom stereocenters. The second-order valence-corrected chi connectivity index (χ2v) is 6.43. The molecule has 0 fully saturated rings. The number of aromatic nitrogens is 4. The quantitative estimate of drug-likeness (QED) is 0.771. The Morgan fingerprint density at radius 3 is 2.52 bits per heavy atom. The number of rotatable bonds is 4. The van der Waals surface area contributed by atoms with Crippen molar-refractivity contribution in [1.29, 1.82) is 5.26 Å². The van der Waals surface area contributed by atoms with Crippen molar-refractivity contribution in [2.24, 2.45) is 0 Å². The third-order valence-electron chi connectivity index (χ3n) is 4.21. The number of hydrogen-bond donors (Lipinski definition) is 1. The average molecular weight is 360 g/mol. The number of carbonyl (C=O) groups is 1. The van der Waals surface area contributed by atoms with Crippen LogP contribution in [0.2, 0.25) is 0 Å². The van der Waals surface area contributed by atoms with E-state index < -0.39 is 0 Å². The van der Waals surface area contributed by atoms with Gasteiger partial charge in [-0.25, -0.2) is 14.6 Å². The molecule has 0 radical (unpaired) electrons. The van der Waals surface area contributed by atoms with Crippen LogP contribution in [0.5, 0.6) is 0 Å². The standard InChI is InChI=1S/C20H20N6O/c1-12-8-13(2)23-20(22-12)26-15(4)18(14(3)25-26)10-19(27)24-17-7-5-6-16(9-17)11-21/h5-9H,10H2,1-4H3,(H,24,27). The first-order valence-electron chi connectivity index (χ1n) is 8.55. The van der Waals surface area contributed by atoms with Gasteiger partial charge in [-0.05, 0) is 52.0 Å². The van der Waals surface area contributed by atoms with Gasteiger partial charge in [-0.1, -0.05) is 6.07 Å². The van der Waals surface area contributed by atoms with E-state index in [1.54, 1.807) is 28.9 Å². The number of benzene rings is 1. The summed E-state index contributed by atoms with van der Waals surface area (Å²) in [6.07, 6.45) is 0.180. The zero-order valence-electron chi connectivity index (χ0n) is 15.7. The van der Waals surface area contributed by atoms with Crippen molar-refractivity contribution < 1.29 is 4.79 Å². The van der Waals surface area contributed by atoms with E-state index in [9.17, 15) is 4.79 Å². The summed E-state index contributed by atoms with van der Waals surface area (Å²) in [7, 11) is 0. The van der Waals surface area contributed by atoms with Gasteiger partial charge < -0.3 is 5.32 Å². The SMILES string of the molecule is Cc1cc(C)nc(-n2nc(C)c(CC(=O)Nc3cccc(C#N)c3)c2C)n1. The zero-order valence-corrected chi connectivity index (χ0v) is 15.7. The van der Waals surface area contributed by atoms with Gasteiger partial charge in [0, 0.05) is 28.3 Å². The Balaban J connectivity index is 1.84. The molecule has 2 heterocycles. The molecule has 1 N–H and O–H groups in total. The highest BCUT2D eigenvalue weighted by Crippen LogP contribution is 2.18. The molecule has 0 saturated carbocycles. The maximum atomic E-state index is 12.5. The third kappa shape index (κ3) is 4.01. The summed E-state index contributed by atoms with van der Waals surface area (Å²) in [4.78, 5) is 21.4. The minimum absolute atomic E-state index is 0.169. The normalized spacial score (nSPS) is 10.5. The van der Waals surface area contributed by atoms with Crippen molar-refractivity contribution in [3.63, 3.8) is 0 Å². The number of hydrogen-bond acceptors (Lipinski definition) is 5. The molecule has 0 saturated heterocycles. The van der Waals surface area contributed by atoms with Crippen molar-refractivity contribution in [2.75, 3.05) is 5.32 Å². The van der Waals surface area contributed by atoms with Crippen molar-refractivity contribution in [2.45, 2.75) is 34.1 Å². The smallest absolute Gasteiger partial charge is 0.251 e.